The molecule has 2 saturated carbocycles. The number of amides is 1. The maximum Gasteiger partial charge on any atom is 0.224 e. The predicted octanol–water partition coefficient (Wildman–Crippen LogP) is 2.20. The molecule has 0 radical (unpaired) electrons. The molecule has 2 N–H and O–H groups in total. The minimum Gasteiger partial charge on any atom is -0.351 e. The molecule has 1 aromatic rings. The number of carbonyl (C=O) groups excluding carboxylic acids is 1. The summed E-state index contributed by atoms with van der Waals surface area (Å²) in [4.78, 5) is 15.2. The molecule has 132 valence electrons. The molecule has 1 aromatic heterocycles. The van der Waals surface area contributed by atoms with Gasteiger partial charge in [-0.1, -0.05) is 6.42 Å². The topological polar surface area (TPSA) is 61.0 Å². The lowest BCUT2D eigenvalue weighted by Gasteiger charge is -2.30. The fourth-order valence-electron chi connectivity index (χ4n) is 4.51. The Morgan fingerprint density at radius 3 is 2.62 bits per heavy atom. The third-order valence-corrected chi connectivity index (χ3v) is 6.37. The van der Waals surface area contributed by atoms with Crippen molar-refractivity contribution < 1.29 is 4.79 Å². The number of hydrogen-bond donors (Lipinski definition) is 2. The van der Waals surface area contributed by atoms with Crippen molar-refractivity contribution in [1.82, 2.24) is 20.4 Å². The second-order valence-electron chi connectivity index (χ2n) is 8.28. The van der Waals surface area contributed by atoms with Crippen LogP contribution in [0.15, 0.2) is 0 Å². The predicted molar refractivity (Wildman–Crippen MR) is 93.7 cm³/mol. The number of likely N-dealkylation sites (tertiary alicyclic amines) is 1. The van der Waals surface area contributed by atoms with Crippen LogP contribution in [0, 0.1) is 31.6 Å². The van der Waals surface area contributed by atoms with Gasteiger partial charge in [-0.2, -0.15) is 5.10 Å². The monoisotopic (exact) mass is 330 g/mol. The first-order valence-corrected chi connectivity index (χ1v) is 9.62. The Morgan fingerprint density at radius 1 is 1.25 bits per heavy atom. The third-order valence-electron chi connectivity index (χ3n) is 6.37. The summed E-state index contributed by atoms with van der Waals surface area (Å²) in [6.07, 6.45) is 7.38. The van der Waals surface area contributed by atoms with Gasteiger partial charge in [-0.25, -0.2) is 0 Å². The Labute approximate surface area is 144 Å². The third kappa shape index (κ3) is 3.37. The lowest BCUT2D eigenvalue weighted by Crippen LogP contribution is -2.42. The number of nitrogens with one attached hydrogen (secondary N) is 2. The van der Waals surface area contributed by atoms with E-state index in [4.69, 9.17) is 0 Å². The molecule has 2 atom stereocenters. The summed E-state index contributed by atoms with van der Waals surface area (Å²) in [5.74, 6) is 2.58. The molecule has 2 aliphatic carbocycles. The van der Waals surface area contributed by atoms with Crippen molar-refractivity contribution in [2.45, 2.75) is 58.4 Å². The van der Waals surface area contributed by atoms with Crippen molar-refractivity contribution in [3.8, 4) is 0 Å². The fraction of sp³-hybridized carbons (Fsp3) is 0.789. The number of aromatic amines is 1. The Kier molecular flexibility index (Phi) is 4.37. The van der Waals surface area contributed by atoms with Gasteiger partial charge < -0.3 is 10.2 Å². The summed E-state index contributed by atoms with van der Waals surface area (Å²) in [5, 5.41) is 10.5. The minimum absolute atomic E-state index is 0.156. The number of H-pyrrole nitrogens is 1. The highest BCUT2D eigenvalue weighted by Gasteiger charge is 2.43. The molecule has 3 aliphatic rings. The molecule has 3 fully saturated rings. The maximum absolute atomic E-state index is 12.6. The molecule has 1 aliphatic heterocycles. The lowest BCUT2D eigenvalue weighted by molar-refractivity contribution is -0.121. The summed E-state index contributed by atoms with van der Waals surface area (Å²) in [6.45, 7) is 7.44. The number of aromatic nitrogens is 2. The highest BCUT2D eigenvalue weighted by atomic mass is 16.1. The van der Waals surface area contributed by atoms with Crippen molar-refractivity contribution in [2.75, 3.05) is 19.6 Å². The molecular formula is C19H30N4O. The van der Waals surface area contributed by atoms with Gasteiger partial charge in [-0.05, 0) is 57.3 Å². The molecule has 0 spiro atoms. The van der Waals surface area contributed by atoms with E-state index in [0.717, 1.165) is 35.3 Å². The molecule has 24 heavy (non-hydrogen) atoms. The second kappa shape index (κ2) is 6.51. The van der Waals surface area contributed by atoms with E-state index in [0.29, 0.717) is 18.4 Å². The van der Waals surface area contributed by atoms with Crippen LogP contribution in [0.1, 0.15) is 49.1 Å². The van der Waals surface area contributed by atoms with Gasteiger partial charge in [0.2, 0.25) is 5.91 Å². The van der Waals surface area contributed by atoms with E-state index in [1.165, 1.54) is 45.2 Å². The highest BCUT2D eigenvalue weighted by Crippen LogP contribution is 2.42. The summed E-state index contributed by atoms with van der Waals surface area (Å²) in [7, 11) is 0. The number of aryl methyl sites for hydroxylation is 2. The molecule has 1 saturated heterocycles. The number of carbonyl (C=O) groups is 1. The first kappa shape index (κ1) is 16.1. The maximum atomic E-state index is 12.6. The number of nitrogens with zero attached hydrogens (tertiary/aromatic N) is 2. The van der Waals surface area contributed by atoms with Crippen LogP contribution < -0.4 is 5.32 Å². The minimum atomic E-state index is 0.156. The van der Waals surface area contributed by atoms with Gasteiger partial charge in [0.25, 0.3) is 0 Å². The SMILES string of the molecule is Cc1n[nH]c(C)c1CC(=O)N[C@@H]1CN(CC2CCC2)C[C@H]1C1CC1. The van der Waals surface area contributed by atoms with E-state index < -0.39 is 0 Å². The van der Waals surface area contributed by atoms with E-state index in [9.17, 15) is 4.79 Å². The average Bonchev–Trinajstić information content (AvgIpc) is 3.21. The molecule has 5 nitrogen and oxygen atoms in total. The average molecular weight is 330 g/mol. The Morgan fingerprint density at radius 2 is 2.04 bits per heavy atom. The van der Waals surface area contributed by atoms with Gasteiger partial charge in [0, 0.05) is 36.9 Å². The van der Waals surface area contributed by atoms with E-state index in [2.05, 4.69) is 20.4 Å². The first-order chi connectivity index (χ1) is 11.6. The quantitative estimate of drug-likeness (QED) is 0.840. The smallest absolute Gasteiger partial charge is 0.224 e. The lowest BCUT2D eigenvalue weighted by atomic mass is 9.85. The van der Waals surface area contributed by atoms with Crippen LogP contribution in [0.2, 0.25) is 0 Å². The van der Waals surface area contributed by atoms with Crippen molar-refractivity contribution in [1.29, 1.82) is 0 Å². The first-order valence-electron chi connectivity index (χ1n) is 9.62. The Balaban J connectivity index is 1.35. The van der Waals surface area contributed by atoms with Crippen LogP contribution in [0.3, 0.4) is 0 Å². The summed E-state index contributed by atoms with van der Waals surface area (Å²) in [6, 6.07) is 0.345. The van der Waals surface area contributed by atoms with E-state index >= 15 is 0 Å². The van der Waals surface area contributed by atoms with Crippen LogP contribution in [-0.2, 0) is 11.2 Å². The summed E-state index contributed by atoms with van der Waals surface area (Å²) < 4.78 is 0. The molecular weight excluding hydrogens is 300 g/mol. The Hall–Kier alpha value is -1.36. The fourth-order valence-corrected chi connectivity index (χ4v) is 4.51. The van der Waals surface area contributed by atoms with Crippen LogP contribution >= 0.6 is 0 Å². The highest BCUT2D eigenvalue weighted by molar-refractivity contribution is 5.79. The van der Waals surface area contributed by atoms with Gasteiger partial charge in [0.05, 0.1) is 12.1 Å². The molecule has 0 aromatic carbocycles. The van der Waals surface area contributed by atoms with E-state index in [-0.39, 0.29) is 5.91 Å². The van der Waals surface area contributed by atoms with Crippen molar-refractivity contribution in [2.24, 2.45) is 17.8 Å². The van der Waals surface area contributed by atoms with Gasteiger partial charge in [-0.3, -0.25) is 9.89 Å². The normalized spacial score (nSPS) is 28.1. The summed E-state index contributed by atoms with van der Waals surface area (Å²) in [5.41, 5.74) is 3.01. The molecule has 4 rings (SSSR count). The van der Waals surface area contributed by atoms with Gasteiger partial charge in [0.1, 0.15) is 0 Å². The van der Waals surface area contributed by atoms with Crippen molar-refractivity contribution in [3.05, 3.63) is 17.0 Å². The zero-order valence-electron chi connectivity index (χ0n) is 15.0. The number of hydrogen-bond acceptors (Lipinski definition) is 3. The van der Waals surface area contributed by atoms with Gasteiger partial charge >= 0.3 is 0 Å². The second-order valence-corrected chi connectivity index (χ2v) is 8.28. The van der Waals surface area contributed by atoms with Crippen LogP contribution in [0.5, 0.6) is 0 Å². The van der Waals surface area contributed by atoms with Gasteiger partial charge in [0.15, 0.2) is 0 Å². The van der Waals surface area contributed by atoms with E-state index in [1.54, 1.807) is 0 Å². The van der Waals surface area contributed by atoms with Crippen LogP contribution in [0.4, 0.5) is 0 Å². The standard InChI is InChI=1S/C19H30N4O/c1-12-16(13(2)22-21-12)8-19(24)20-18-11-23(9-14-4-3-5-14)10-17(18)15-6-7-15/h14-15,17-18H,3-11H2,1-2H3,(H,20,24)(H,21,22)/t17-,18+/m0/s1. The molecule has 0 bridgehead atoms. The van der Waals surface area contributed by atoms with Crippen LogP contribution in [0.25, 0.3) is 0 Å². The van der Waals surface area contributed by atoms with Crippen molar-refractivity contribution in [3.63, 3.8) is 0 Å². The molecule has 1 amide bonds. The molecule has 0 unspecified atom stereocenters. The zero-order valence-corrected chi connectivity index (χ0v) is 15.0. The van der Waals surface area contributed by atoms with Crippen LogP contribution in [-0.4, -0.2) is 46.7 Å². The zero-order chi connectivity index (χ0) is 16.7. The number of rotatable bonds is 6. The largest absolute Gasteiger partial charge is 0.351 e. The summed E-state index contributed by atoms with van der Waals surface area (Å²) >= 11 is 0. The van der Waals surface area contributed by atoms with Crippen molar-refractivity contribution >= 4 is 5.91 Å². The van der Waals surface area contributed by atoms with Gasteiger partial charge in [-0.15, -0.1) is 0 Å². The van der Waals surface area contributed by atoms with E-state index in [1.807, 2.05) is 13.8 Å². The molecule has 2 heterocycles. The Bertz CT molecular complexity index is 583. The molecule has 5 heteroatoms.